The fourth-order valence-corrected chi connectivity index (χ4v) is 3.19. The zero-order chi connectivity index (χ0) is 15.8. The van der Waals surface area contributed by atoms with Crippen LogP contribution in [0.2, 0.25) is 0 Å². The van der Waals surface area contributed by atoms with Crippen molar-refractivity contribution in [3.63, 3.8) is 0 Å². The maximum atomic E-state index is 2.28. The van der Waals surface area contributed by atoms with Crippen molar-refractivity contribution in [3.05, 3.63) is 84.2 Å². The van der Waals surface area contributed by atoms with Crippen molar-refractivity contribution in [3.8, 4) is 0 Å². The highest BCUT2D eigenvalue weighted by molar-refractivity contribution is 5.98. The highest BCUT2D eigenvalue weighted by atomic mass is 15.1. The van der Waals surface area contributed by atoms with Crippen LogP contribution in [0.4, 0.5) is 5.69 Å². The molecule has 0 unspecified atom stereocenters. The zero-order valence-electron chi connectivity index (χ0n) is 13.4. The summed E-state index contributed by atoms with van der Waals surface area (Å²) < 4.78 is 2.16. The molecule has 2 heterocycles. The number of hydrogen-bond acceptors (Lipinski definition) is 1. The number of benzene rings is 2. The molecule has 1 aromatic heterocycles. The molecule has 0 N–H and O–H groups in total. The Morgan fingerprint density at radius 2 is 1.74 bits per heavy atom. The van der Waals surface area contributed by atoms with E-state index in [1.54, 1.807) is 0 Å². The van der Waals surface area contributed by atoms with E-state index in [4.69, 9.17) is 0 Å². The van der Waals surface area contributed by atoms with Crippen molar-refractivity contribution in [1.82, 2.24) is 0 Å². The summed E-state index contributed by atoms with van der Waals surface area (Å²) in [4.78, 5) is 2.16. The highest BCUT2D eigenvalue weighted by Crippen LogP contribution is 2.33. The molecule has 0 saturated carbocycles. The maximum Gasteiger partial charge on any atom is 0.212 e. The van der Waals surface area contributed by atoms with Crippen LogP contribution in [0.25, 0.3) is 22.6 Å². The Morgan fingerprint density at radius 3 is 2.65 bits per heavy atom. The summed E-state index contributed by atoms with van der Waals surface area (Å²) in [6.07, 6.45) is 8.72. The van der Waals surface area contributed by atoms with Gasteiger partial charge in [-0.05, 0) is 35.4 Å². The third-order valence-corrected chi connectivity index (χ3v) is 4.46. The number of nitrogens with zero attached hydrogens (tertiary/aromatic N) is 2. The van der Waals surface area contributed by atoms with Crippen molar-refractivity contribution in [2.24, 2.45) is 7.05 Å². The van der Waals surface area contributed by atoms with Gasteiger partial charge in [0.2, 0.25) is 5.52 Å². The molecule has 1 aliphatic heterocycles. The molecule has 0 spiro atoms. The van der Waals surface area contributed by atoms with Gasteiger partial charge in [0, 0.05) is 36.6 Å². The summed E-state index contributed by atoms with van der Waals surface area (Å²) in [6, 6.07) is 19.3. The van der Waals surface area contributed by atoms with Crippen LogP contribution in [0.5, 0.6) is 0 Å². The largest absolute Gasteiger partial charge is 0.351 e. The van der Waals surface area contributed by atoms with Gasteiger partial charge in [-0.2, -0.15) is 0 Å². The van der Waals surface area contributed by atoms with Gasteiger partial charge in [-0.1, -0.05) is 30.3 Å². The topological polar surface area (TPSA) is 7.12 Å². The van der Waals surface area contributed by atoms with E-state index in [0.29, 0.717) is 0 Å². The van der Waals surface area contributed by atoms with Gasteiger partial charge in [0.25, 0.3) is 0 Å². The van der Waals surface area contributed by atoms with Gasteiger partial charge in [-0.25, -0.2) is 4.57 Å². The molecule has 0 fully saturated rings. The van der Waals surface area contributed by atoms with E-state index in [2.05, 4.69) is 103 Å². The quantitative estimate of drug-likeness (QED) is 0.612. The molecular weight excluding hydrogens is 280 g/mol. The van der Waals surface area contributed by atoms with Crippen molar-refractivity contribution in [1.29, 1.82) is 0 Å². The van der Waals surface area contributed by atoms with Crippen LogP contribution in [0.1, 0.15) is 11.1 Å². The molecule has 2 aromatic carbocycles. The van der Waals surface area contributed by atoms with E-state index in [9.17, 15) is 0 Å². The number of pyridine rings is 1. The lowest BCUT2D eigenvalue weighted by molar-refractivity contribution is -0.644. The molecule has 0 bridgehead atoms. The van der Waals surface area contributed by atoms with Crippen LogP contribution in [0, 0.1) is 0 Å². The SMILES string of the molecule is CN1C=CC(=Cc2cc[n+](C)c3ccccc23)c2ccccc21. The molecule has 3 aromatic rings. The van der Waals surface area contributed by atoms with Gasteiger partial charge in [-0.15, -0.1) is 0 Å². The van der Waals surface area contributed by atoms with E-state index in [1.807, 2.05) is 0 Å². The normalized spacial score (nSPS) is 15.2. The average molecular weight is 299 g/mol. The van der Waals surface area contributed by atoms with E-state index in [0.717, 1.165) is 0 Å². The molecular formula is C21H19N2+. The van der Waals surface area contributed by atoms with Gasteiger partial charge < -0.3 is 4.90 Å². The van der Waals surface area contributed by atoms with Crippen molar-refractivity contribution in [2.45, 2.75) is 0 Å². The number of aromatic nitrogens is 1. The molecule has 0 saturated heterocycles. The van der Waals surface area contributed by atoms with Gasteiger partial charge in [-0.3, -0.25) is 0 Å². The number of aryl methyl sites for hydroxylation is 1. The Kier molecular flexibility index (Phi) is 3.23. The Bertz CT molecular complexity index is 951. The van der Waals surface area contributed by atoms with Crippen LogP contribution in [-0.2, 0) is 7.05 Å². The second-order valence-electron chi connectivity index (χ2n) is 5.94. The smallest absolute Gasteiger partial charge is 0.212 e. The predicted molar refractivity (Wildman–Crippen MR) is 97.0 cm³/mol. The van der Waals surface area contributed by atoms with Gasteiger partial charge >= 0.3 is 0 Å². The summed E-state index contributed by atoms with van der Waals surface area (Å²) in [6.45, 7) is 0. The molecule has 2 heteroatoms. The first-order valence-electron chi connectivity index (χ1n) is 7.83. The number of rotatable bonds is 1. The van der Waals surface area contributed by atoms with E-state index in [-0.39, 0.29) is 0 Å². The third kappa shape index (κ3) is 2.33. The van der Waals surface area contributed by atoms with Crippen LogP contribution in [0.3, 0.4) is 0 Å². The van der Waals surface area contributed by atoms with E-state index < -0.39 is 0 Å². The lowest BCUT2D eigenvalue weighted by atomic mass is 9.97. The highest BCUT2D eigenvalue weighted by Gasteiger charge is 2.14. The number of anilines is 1. The number of fused-ring (bicyclic) bond motifs is 2. The van der Waals surface area contributed by atoms with Crippen LogP contribution < -0.4 is 9.47 Å². The zero-order valence-corrected chi connectivity index (χ0v) is 13.4. The number of allylic oxidation sites excluding steroid dienone is 2. The maximum absolute atomic E-state index is 2.28. The summed E-state index contributed by atoms with van der Waals surface area (Å²) in [5.74, 6) is 0. The Morgan fingerprint density at radius 1 is 0.957 bits per heavy atom. The molecule has 112 valence electrons. The molecule has 23 heavy (non-hydrogen) atoms. The van der Waals surface area contributed by atoms with Crippen molar-refractivity contribution in [2.75, 3.05) is 11.9 Å². The summed E-state index contributed by atoms with van der Waals surface area (Å²) >= 11 is 0. The van der Waals surface area contributed by atoms with Crippen LogP contribution in [0.15, 0.2) is 73.1 Å². The van der Waals surface area contributed by atoms with E-state index in [1.165, 1.54) is 33.3 Å². The summed E-state index contributed by atoms with van der Waals surface area (Å²) in [5.41, 5.74) is 6.25. The fourth-order valence-electron chi connectivity index (χ4n) is 3.19. The fraction of sp³-hybridized carbons (Fsp3) is 0.0952. The standard InChI is InChI=1S/C21H19N2/c1-22-13-11-16(18-7-3-5-9-20(18)22)15-17-12-14-23(2)21-10-6-4-8-19(17)21/h3-15H,1-2H3/q+1. The Balaban J connectivity index is 1.92. The minimum absolute atomic E-state index is 1.24. The number of hydrogen-bond donors (Lipinski definition) is 0. The summed E-state index contributed by atoms with van der Waals surface area (Å²) in [5, 5.41) is 1.27. The first-order valence-corrected chi connectivity index (χ1v) is 7.83. The lowest BCUT2D eigenvalue weighted by Gasteiger charge is -2.23. The minimum Gasteiger partial charge on any atom is -0.351 e. The predicted octanol–water partition coefficient (Wildman–Crippen LogP) is 4.17. The first kappa shape index (κ1) is 13.8. The average Bonchev–Trinajstić information content (AvgIpc) is 2.60. The van der Waals surface area contributed by atoms with Gasteiger partial charge in [0.15, 0.2) is 6.20 Å². The summed E-state index contributed by atoms with van der Waals surface area (Å²) in [7, 11) is 4.17. The second kappa shape index (κ2) is 5.40. The molecule has 0 atom stereocenters. The monoisotopic (exact) mass is 299 g/mol. The van der Waals surface area contributed by atoms with Crippen LogP contribution >= 0.6 is 0 Å². The molecule has 4 rings (SSSR count). The lowest BCUT2D eigenvalue weighted by Crippen LogP contribution is -2.28. The second-order valence-corrected chi connectivity index (χ2v) is 5.94. The third-order valence-electron chi connectivity index (χ3n) is 4.46. The Hall–Kier alpha value is -2.87. The molecule has 0 amide bonds. The van der Waals surface area contributed by atoms with E-state index >= 15 is 0 Å². The Labute approximate surface area is 136 Å². The molecule has 0 aliphatic carbocycles. The van der Waals surface area contributed by atoms with Gasteiger partial charge in [0.1, 0.15) is 7.05 Å². The molecule has 2 nitrogen and oxygen atoms in total. The van der Waals surface area contributed by atoms with Crippen molar-refractivity contribution < 1.29 is 4.57 Å². The first-order chi connectivity index (χ1) is 11.2. The minimum atomic E-state index is 1.24. The molecule has 0 radical (unpaired) electrons. The van der Waals surface area contributed by atoms with Crippen molar-refractivity contribution >= 4 is 28.2 Å². The van der Waals surface area contributed by atoms with Gasteiger partial charge in [0.05, 0.1) is 5.39 Å². The van der Waals surface area contributed by atoms with Crippen LogP contribution in [-0.4, -0.2) is 7.05 Å². The number of para-hydroxylation sites is 2. The molecule has 1 aliphatic rings.